The molecule has 126 valence electrons. The van der Waals surface area contributed by atoms with E-state index in [4.69, 9.17) is 0 Å². The van der Waals surface area contributed by atoms with E-state index in [1.165, 1.54) is 23.8 Å². The lowest BCUT2D eigenvalue weighted by Gasteiger charge is -2.06. The molecule has 3 nitrogen and oxygen atoms in total. The summed E-state index contributed by atoms with van der Waals surface area (Å²) in [4.78, 5) is 11.7. The average molecular weight is 331 g/mol. The number of amides is 1. The van der Waals surface area contributed by atoms with Gasteiger partial charge in [-0.3, -0.25) is 4.79 Å². The standard InChI is InChI=1S/C19H19F2NO2/c1-14-2-4-15(5-3-14)8-11-18(23)22-13-12-16-6-9-17(10-7-16)24-19(20)21/h2-11,19H,12-13H2,1H3,(H,22,23)/b11-8+. The summed E-state index contributed by atoms with van der Waals surface area (Å²) in [7, 11) is 0. The minimum atomic E-state index is -2.82. The second kappa shape index (κ2) is 8.82. The van der Waals surface area contributed by atoms with Crippen LogP contribution in [0.3, 0.4) is 0 Å². The van der Waals surface area contributed by atoms with Crippen molar-refractivity contribution < 1.29 is 18.3 Å². The zero-order chi connectivity index (χ0) is 17.4. The van der Waals surface area contributed by atoms with Crippen LogP contribution in [-0.4, -0.2) is 19.1 Å². The Morgan fingerprint density at radius 1 is 1.12 bits per heavy atom. The molecule has 2 aromatic carbocycles. The number of aryl methyl sites for hydroxylation is 1. The molecule has 2 aromatic rings. The minimum Gasteiger partial charge on any atom is -0.435 e. The first-order valence-corrected chi connectivity index (χ1v) is 7.59. The van der Waals surface area contributed by atoms with E-state index >= 15 is 0 Å². The fraction of sp³-hybridized carbons (Fsp3) is 0.211. The van der Waals surface area contributed by atoms with Gasteiger partial charge in [0, 0.05) is 12.6 Å². The molecule has 0 spiro atoms. The summed E-state index contributed by atoms with van der Waals surface area (Å²) in [5.74, 6) is -0.0490. The highest BCUT2D eigenvalue weighted by Gasteiger charge is 2.03. The van der Waals surface area contributed by atoms with E-state index < -0.39 is 6.61 Å². The summed E-state index contributed by atoms with van der Waals surface area (Å²) < 4.78 is 28.4. The van der Waals surface area contributed by atoms with Gasteiger partial charge < -0.3 is 10.1 Å². The van der Waals surface area contributed by atoms with Gasteiger partial charge in [-0.15, -0.1) is 0 Å². The van der Waals surface area contributed by atoms with Gasteiger partial charge in [-0.2, -0.15) is 8.78 Å². The highest BCUT2D eigenvalue weighted by molar-refractivity contribution is 5.91. The first-order chi connectivity index (χ1) is 11.5. The maximum atomic E-state index is 12.1. The van der Waals surface area contributed by atoms with Crippen LogP contribution in [0.4, 0.5) is 8.78 Å². The van der Waals surface area contributed by atoms with Gasteiger partial charge in [-0.05, 0) is 42.7 Å². The van der Waals surface area contributed by atoms with Gasteiger partial charge in [0.15, 0.2) is 0 Å². The van der Waals surface area contributed by atoms with Crippen molar-refractivity contribution in [3.63, 3.8) is 0 Å². The number of ether oxygens (including phenoxy) is 1. The monoisotopic (exact) mass is 331 g/mol. The van der Waals surface area contributed by atoms with Crippen LogP contribution in [0.5, 0.6) is 5.75 Å². The van der Waals surface area contributed by atoms with Crippen LogP contribution in [0.2, 0.25) is 0 Å². The van der Waals surface area contributed by atoms with Crippen LogP contribution in [0.25, 0.3) is 6.08 Å². The van der Waals surface area contributed by atoms with Gasteiger partial charge in [0.05, 0.1) is 0 Å². The van der Waals surface area contributed by atoms with Gasteiger partial charge in [0.2, 0.25) is 5.91 Å². The summed E-state index contributed by atoms with van der Waals surface area (Å²) in [5.41, 5.74) is 3.06. The quantitative estimate of drug-likeness (QED) is 0.780. The Morgan fingerprint density at radius 2 is 1.79 bits per heavy atom. The topological polar surface area (TPSA) is 38.3 Å². The van der Waals surface area contributed by atoms with Crippen LogP contribution < -0.4 is 10.1 Å². The highest BCUT2D eigenvalue weighted by atomic mass is 19.3. The Balaban J connectivity index is 1.75. The normalized spacial score (nSPS) is 11.0. The predicted molar refractivity (Wildman–Crippen MR) is 90.0 cm³/mol. The first-order valence-electron chi connectivity index (χ1n) is 7.59. The summed E-state index contributed by atoms with van der Waals surface area (Å²) in [6, 6.07) is 14.2. The second-order valence-corrected chi connectivity index (χ2v) is 5.31. The van der Waals surface area contributed by atoms with Crippen LogP contribution >= 0.6 is 0 Å². The third kappa shape index (κ3) is 6.20. The molecule has 0 saturated carbocycles. The molecule has 0 fully saturated rings. The maximum absolute atomic E-state index is 12.1. The number of carbonyl (C=O) groups is 1. The summed E-state index contributed by atoms with van der Waals surface area (Å²) in [6.07, 6.45) is 3.86. The molecule has 0 heterocycles. The molecule has 0 radical (unpaired) electrons. The van der Waals surface area contributed by atoms with Crippen LogP contribution in [0.1, 0.15) is 16.7 Å². The average Bonchev–Trinajstić information content (AvgIpc) is 2.55. The number of carbonyl (C=O) groups excluding carboxylic acids is 1. The number of hydrogen-bond acceptors (Lipinski definition) is 2. The van der Waals surface area contributed by atoms with Crippen molar-refractivity contribution in [3.05, 3.63) is 71.3 Å². The number of benzene rings is 2. The summed E-state index contributed by atoms with van der Waals surface area (Å²) >= 11 is 0. The fourth-order valence-corrected chi connectivity index (χ4v) is 2.08. The lowest BCUT2D eigenvalue weighted by atomic mass is 10.1. The Kier molecular flexibility index (Phi) is 6.49. The second-order valence-electron chi connectivity index (χ2n) is 5.31. The van der Waals surface area contributed by atoms with Crippen molar-refractivity contribution in [2.75, 3.05) is 6.54 Å². The maximum Gasteiger partial charge on any atom is 0.387 e. The zero-order valence-electron chi connectivity index (χ0n) is 13.3. The molecule has 24 heavy (non-hydrogen) atoms. The van der Waals surface area contributed by atoms with E-state index in [9.17, 15) is 13.6 Å². The first kappa shape index (κ1) is 17.7. The van der Waals surface area contributed by atoms with E-state index in [0.717, 1.165) is 11.1 Å². The van der Waals surface area contributed by atoms with Crippen molar-refractivity contribution in [2.24, 2.45) is 0 Å². The highest BCUT2D eigenvalue weighted by Crippen LogP contribution is 2.15. The van der Waals surface area contributed by atoms with Crippen molar-refractivity contribution in [3.8, 4) is 5.75 Å². The molecular weight excluding hydrogens is 312 g/mol. The van der Waals surface area contributed by atoms with Gasteiger partial charge in [-0.1, -0.05) is 42.0 Å². The van der Waals surface area contributed by atoms with Gasteiger partial charge in [-0.25, -0.2) is 0 Å². The molecule has 1 N–H and O–H groups in total. The Hall–Kier alpha value is -2.69. The molecule has 0 atom stereocenters. The molecule has 0 aliphatic carbocycles. The lowest BCUT2D eigenvalue weighted by molar-refractivity contribution is -0.116. The van der Waals surface area contributed by atoms with E-state index in [-0.39, 0.29) is 11.7 Å². The zero-order valence-corrected chi connectivity index (χ0v) is 13.3. The minimum absolute atomic E-state index is 0.124. The summed E-state index contributed by atoms with van der Waals surface area (Å²) in [5, 5.41) is 2.78. The third-order valence-corrected chi connectivity index (χ3v) is 3.37. The molecule has 0 unspecified atom stereocenters. The SMILES string of the molecule is Cc1ccc(/C=C/C(=O)NCCc2ccc(OC(F)F)cc2)cc1. The number of halogens is 2. The predicted octanol–water partition coefficient (Wildman–Crippen LogP) is 3.97. The van der Waals surface area contributed by atoms with Gasteiger partial charge >= 0.3 is 6.61 Å². The van der Waals surface area contributed by atoms with Crippen molar-refractivity contribution >= 4 is 12.0 Å². The summed E-state index contributed by atoms with van der Waals surface area (Å²) in [6.45, 7) is -0.353. The van der Waals surface area contributed by atoms with Gasteiger partial charge in [0.1, 0.15) is 5.75 Å². The van der Waals surface area contributed by atoms with Crippen molar-refractivity contribution in [1.82, 2.24) is 5.32 Å². The largest absolute Gasteiger partial charge is 0.435 e. The van der Waals surface area contributed by atoms with E-state index in [1.807, 2.05) is 31.2 Å². The molecule has 0 saturated heterocycles. The third-order valence-electron chi connectivity index (χ3n) is 3.37. The molecule has 5 heteroatoms. The van der Waals surface area contributed by atoms with E-state index in [1.54, 1.807) is 18.2 Å². The number of nitrogens with one attached hydrogen (secondary N) is 1. The Morgan fingerprint density at radius 3 is 2.42 bits per heavy atom. The molecule has 2 rings (SSSR count). The van der Waals surface area contributed by atoms with Crippen LogP contribution in [0, 0.1) is 6.92 Å². The Bertz CT molecular complexity index is 680. The van der Waals surface area contributed by atoms with Crippen LogP contribution in [-0.2, 0) is 11.2 Å². The Labute approximate surface area is 140 Å². The lowest BCUT2D eigenvalue weighted by Crippen LogP contribution is -2.23. The number of rotatable bonds is 7. The number of alkyl halides is 2. The molecule has 0 aliphatic heterocycles. The van der Waals surface area contributed by atoms with Gasteiger partial charge in [0.25, 0.3) is 0 Å². The van der Waals surface area contributed by atoms with E-state index in [2.05, 4.69) is 10.1 Å². The molecular formula is C19H19F2NO2. The molecule has 0 aromatic heterocycles. The molecule has 1 amide bonds. The van der Waals surface area contributed by atoms with Crippen molar-refractivity contribution in [1.29, 1.82) is 0 Å². The van der Waals surface area contributed by atoms with Crippen molar-refractivity contribution in [2.45, 2.75) is 20.0 Å². The molecule has 0 bridgehead atoms. The smallest absolute Gasteiger partial charge is 0.387 e. The molecule has 0 aliphatic rings. The van der Waals surface area contributed by atoms with Crippen LogP contribution in [0.15, 0.2) is 54.6 Å². The number of hydrogen-bond donors (Lipinski definition) is 1. The van der Waals surface area contributed by atoms with E-state index in [0.29, 0.717) is 13.0 Å². The fourth-order valence-electron chi connectivity index (χ4n) is 2.08.